The molecule has 0 saturated heterocycles. The molecule has 7 aromatic carbocycles. The maximum Gasteiger partial charge on any atom is 0.116 e. The molecule has 0 amide bonds. The van der Waals surface area contributed by atoms with Crippen LogP contribution in [-0.2, 0) is 0 Å². The molecule has 0 unspecified atom stereocenters. The van der Waals surface area contributed by atoms with Gasteiger partial charge in [-0.3, -0.25) is 0 Å². The van der Waals surface area contributed by atoms with Crippen LogP contribution in [0.2, 0.25) is 0 Å². The van der Waals surface area contributed by atoms with Crippen LogP contribution >= 0.6 is 11.3 Å². The van der Waals surface area contributed by atoms with Crippen LogP contribution in [-0.4, -0.2) is 19.1 Å². The quantitative estimate of drug-likeness (QED) is 0.187. The number of rotatable bonds is 4. The SMILES string of the molecule is c1cc(-c2cc(-c3cccc4c3sc3ccccc34)ncn2)cc(-n2c3ccccc3c3cc(-n4c5ccccc5c5ccccc54)ccc32)c1. The van der Waals surface area contributed by atoms with Crippen LogP contribution in [0.1, 0.15) is 0 Å². The number of fused-ring (bicyclic) bond motifs is 9. The second-order valence-electron chi connectivity index (χ2n) is 13.0. The van der Waals surface area contributed by atoms with Gasteiger partial charge in [0.1, 0.15) is 6.33 Å². The largest absolute Gasteiger partial charge is 0.309 e. The van der Waals surface area contributed by atoms with Crippen molar-refractivity contribution in [3.05, 3.63) is 170 Å². The average Bonchev–Trinajstić information content (AvgIpc) is 3.86. The van der Waals surface area contributed by atoms with E-state index in [-0.39, 0.29) is 0 Å². The molecular weight excluding hydrogens is 641 g/mol. The second kappa shape index (κ2) is 11.0. The molecule has 4 aromatic heterocycles. The van der Waals surface area contributed by atoms with Gasteiger partial charge in [0.25, 0.3) is 0 Å². The molecule has 0 aliphatic heterocycles. The summed E-state index contributed by atoms with van der Waals surface area (Å²) in [6.45, 7) is 0. The molecule has 51 heavy (non-hydrogen) atoms. The summed E-state index contributed by atoms with van der Waals surface area (Å²) >= 11 is 1.82. The maximum absolute atomic E-state index is 4.78. The molecule has 4 heterocycles. The molecule has 238 valence electrons. The van der Waals surface area contributed by atoms with Crippen molar-refractivity contribution < 1.29 is 0 Å². The van der Waals surface area contributed by atoms with Crippen molar-refractivity contribution in [2.75, 3.05) is 0 Å². The number of nitrogens with zero attached hydrogens (tertiary/aromatic N) is 4. The molecular formula is C46H28N4S. The lowest BCUT2D eigenvalue weighted by Gasteiger charge is -2.12. The Morgan fingerprint density at radius 1 is 0.392 bits per heavy atom. The first-order chi connectivity index (χ1) is 25.3. The molecule has 0 radical (unpaired) electrons. The minimum atomic E-state index is 0.898. The van der Waals surface area contributed by atoms with Gasteiger partial charge >= 0.3 is 0 Å². The zero-order valence-electron chi connectivity index (χ0n) is 27.4. The Morgan fingerprint density at radius 2 is 0.961 bits per heavy atom. The van der Waals surface area contributed by atoms with E-state index in [1.54, 1.807) is 6.33 Å². The normalized spacial score (nSPS) is 11.9. The van der Waals surface area contributed by atoms with Crippen LogP contribution in [0, 0.1) is 0 Å². The Hall–Kier alpha value is -6.56. The number of hydrogen-bond acceptors (Lipinski definition) is 3. The molecule has 11 aromatic rings. The Labute approximate surface area is 297 Å². The molecule has 0 spiro atoms. The molecule has 5 heteroatoms. The Bertz CT molecular complexity index is 3110. The zero-order chi connectivity index (χ0) is 33.5. The average molecular weight is 669 g/mol. The third-order valence-corrected chi connectivity index (χ3v) is 11.5. The first-order valence-electron chi connectivity index (χ1n) is 17.2. The highest BCUT2D eigenvalue weighted by Gasteiger charge is 2.17. The third kappa shape index (κ3) is 4.25. The highest BCUT2D eigenvalue weighted by Crippen LogP contribution is 2.41. The fraction of sp³-hybridized carbons (Fsp3) is 0. The zero-order valence-corrected chi connectivity index (χ0v) is 28.2. The fourth-order valence-corrected chi connectivity index (χ4v) is 9.22. The van der Waals surface area contributed by atoms with Crippen molar-refractivity contribution >= 4 is 75.1 Å². The lowest BCUT2D eigenvalue weighted by atomic mass is 10.0. The van der Waals surface area contributed by atoms with E-state index in [0.29, 0.717) is 0 Å². The van der Waals surface area contributed by atoms with E-state index in [2.05, 4.69) is 173 Å². The van der Waals surface area contributed by atoms with Gasteiger partial charge in [0.05, 0.1) is 33.5 Å². The summed E-state index contributed by atoms with van der Waals surface area (Å²) in [5.74, 6) is 0. The van der Waals surface area contributed by atoms with Crippen LogP contribution in [0.15, 0.2) is 170 Å². The van der Waals surface area contributed by atoms with Crippen molar-refractivity contribution in [2.45, 2.75) is 0 Å². The predicted molar refractivity (Wildman–Crippen MR) is 214 cm³/mol. The predicted octanol–water partition coefficient (Wildman–Crippen LogP) is 12.4. The highest BCUT2D eigenvalue weighted by atomic mass is 32.1. The van der Waals surface area contributed by atoms with Crippen LogP contribution in [0.4, 0.5) is 0 Å². The summed E-state index contributed by atoms with van der Waals surface area (Å²) in [6, 6.07) is 58.9. The monoisotopic (exact) mass is 668 g/mol. The van der Waals surface area contributed by atoms with E-state index in [1.807, 2.05) is 11.3 Å². The van der Waals surface area contributed by atoms with Gasteiger partial charge in [-0.25, -0.2) is 9.97 Å². The fourth-order valence-electron chi connectivity index (χ4n) is 7.99. The number of para-hydroxylation sites is 3. The minimum absolute atomic E-state index is 0.898. The molecule has 0 fully saturated rings. The van der Waals surface area contributed by atoms with Crippen LogP contribution < -0.4 is 0 Å². The first kappa shape index (κ1) is 28.3. The molecule has 11 rings (SSSR count). The topological polar surface area (TPSA) is 35.6 Å². The summed E-state index contributed by atoms with van der Waals surface area (Å²) in [4.78, 5) is 9.54. The van der Waals surface area contributed by atoms with Crippen molar-refractivity contribution in [1.82, 2.24) is 19.1 Å². The molecule has 0 bridgehead atoms. The van der Waals surface area contributed by atoms with E-state index in [0.717, 1.165) is 39.4 Å². The smallest absolute Gasteiger partial charge is 0.116 e. The van der Waals surface area contributed by atoms with E-state index in [1.165, 1.54) is 58.3 Å². The van der Waals surface area contributed by atoms with E-state index in [4.69, 9.17) is 9.97 Å². The third-order valence-electron chi connectivity index (χ3n) is 10.2. The van der Waals surface area contributed by atoms with E-state index < -0.39 is 0 Å². The van der Waals surface area contributed by atoms with Crippen molar-refractivity contribution in [3.8, 4) is 33.9 Å². The summed E-state index contributed by atoms with van der Waals surface area (Å²) in [7, 11) is 0. The van der Waals surface area contributed by atoms with Gasteiger partial charge in [-0.1, -0.05) is 103 Å². The standard InChI is InChI=1S/C46H28N4S/c1-5-19-41-32(13-1)33-14-2-6-20-42(33)50(41)31-23-24-44-38(26-31)34-15-3-7-21-43(34)49(44)30-12-9-11-29(25-30)39-27-40(48-28-47-39)37-18-10-17-36-35-16-4-8-22-45(35)51-46(36)37/h1-28H. The molecule has 4 nitrogen and oxygen atoms in total. The van der Waals surface area contributed by atoms with Crippen molar-refractivity contribution in [1.29, 1.82) is 0 Å². The number of thiophene rings is 1. The maximum atomic E-state index is 4.78. The van der Waals surface area contributed by atoms with Gasteiger partial charge in [0.15, 0.2) is 0 Å². The van der Waals surface area contributed by atoms with Crippen LogP contribution in [0.5, 0.6) is 0 Å². The summed E-state index contributed by atoms with van der Waals surface area (Å²) in [5.41, 5.74) is 11.0. The van der Waals surface area contributed by atoms with Gasteiger partial charge in [-0.2, -0.15) is 0 Å². The van der Waals surface area contributed by atoms with Crippen LogP contribution in [0.3, 0.4) is 0 Å². The Morgan fingerprint density at radius 3 is 1.71 bits per heavy atom. The second-order valence-corrected chi connectivity index (χ2v) is 14.1. The van der Waals surface area contributed by atoms with Gasteiger partial charge in [-0.05, 0) is 60.7 Å². The van der Waals surface area contributed by atoms with Crippen molar-refractivity contribution in [3.63, 3.8) is 0 Å². The van der Waals surface area contributed by atoms with E-state index >= 15 is 0 Å². The molecule has 0 saturated carbocycles. The number of hydrogen-bond donors (Lipinski definition) is 0. The number of benzene rings is 7. The lowest BCUT2D eigenvalue weighted by molar-refractivity contribution is 1.16. The highest BCUT2D eigenvalue weighted by molar-refractivity contribution is 7.26. The number of aromatic nitrogens is 4. The van der Waals surface area contributed by atoms with E-state index in [9.17, 15) is 0 Å². The first-order valence-corrected chi connectivity index (χ1v) is 18.0. The Balaban J connectivity index is 1.06. The summed E-state index contributed by atoms with van der Waals surface area (Å²) < 4.78 is 7.31. The molecule has 0 N–H and O–H groups in total. The van der Waals surface area contributed by atoms with Gasteiger partial charge < -0.3 is 9.13 Å². The summed E-state index contributed by atoms with van der Waals surface area (Å²) in [6.07, 6.45) is 1.69. The summed E-state index contributed by atoms with van der Waals surface area (Å²) in [5, 5.41) is 7.52. The molecule has 0 aliphatic carbocycles. The molecule has 0 atom stereocenters. The molecule has 0 aliphatic rings. The Kier molecular flexibility index (Phi) is 6.09. The van der Waals surface area contributed by atoms with Crippen LogP contribution in [0.25, 0.3) is 97.7 Å². The van der Waals surface area contributed by atoms with Gasteiger partial charge in [-0.15, -0.1) is 11.3 Å². The van der Waals surface area contributed by atoms with Gasteiger partial charge in [0, 0.05) is 64.2 Å². The lowest BCUT2D eigenvalue weighted by Crippen LogP contribution is -1.96. The van der Waals surface area contributed by atoms with Gasteiger partial charge in [0.2, 0.25) is 0 Å². The van der Waals surface area contributed by atoms with Crippen molar-refractivity contribution in [2.24, 2.45) is 0 Å². The minimum Gasteiger partial charge on any atom is -0.309 e.